The molecule has 1 spiro atoms. The van der Waals surface area contributed by atoms with Gasteiger partial charge in [0.25, 0.3) is 11.8 Å². The van der Waals surface area contributed by atoms with Gasteiger partial charge >= 0.3 is 0 Å². The average Bonchev–Trinajstić information content (AvgIpc) is 3.26. The topological polar surface area (TPSA) is 69.7 Å². The third-order valence-electron chi connectivity index (χ3n) is 5.29. The Kier molecular flexibility index (Phi) is 3.23. The number of hydrogen-bond acceptors (Lipinski definition) is 4. The van der Waals surface area contributed by atoms with Gasteiger partial charge in [-0.3, -0.25) is 19.3 Å². The summed E-state index contributed by atoms with van der Waals surface area (Å²) >= 11 is 0. The van der Waals surface area contributed by atoms with E-state index in [4.69, 9.17) is 0 Å². The van der Waals surface area contributed by atoms with E-state index >= 15 is 0 Å². The van der Waals surface area contributed by atoms with E-state index in [1.165, 1.54) is 0 Å². The molecule has 6 heteroatoms. The van der Waals surface area contributed by atoms with Crippen molar-refractivity contribution in [3.05, 3.63) is 35.4 Å². The normalized spacial score (nSPS) is 26.4. The SMILES string of the molecule is O=C(CN1C(=O)c2ccccc2C1=O)N1CCC2(CCNC2)C1. The number of benzene rings is 1. The van der Waals surface area contributed by atoms with Gasteiger partial charge in [-0.2, -0.15) is 0 Å². The first-order chi connectivity index (χ1) is 11.1. The third-order valence-corrected chi connectivity index (χ3v) is 5.29. The highest BCUT2D eigenvalue weighted by atomic mass is 16.2. The van der Waals surface area contributed by atoms with E-state index in [2.05, 4.69) is 5.32 Å². The van der Waals surface area contributed by atoms with Crippen LogP contribution < -0.4 is 5.32 Å². The van der Waals surface area contributed by atoms with Crippen LogP contribution in [0.4, 0.5) is 0 Å². The van der Waals surface area contributed by atoms with E-state index in [1.807, 2.05) is 0 Å². The largest absolute Gasteiger partial charge is 0.341 e. The fraction of sp³-hybridized carbons (Fsp3) is 0.471. The minimum atomic E-state index is -0.365. The Morgan fingerprint density at radius 2 is 1.83 bits per heavy atom. The van der Waals surface area contributed by atoms with Crippen LogP contribution in [0.2, 0.25) is 0 Å². The van der Waals surface area contributed by atoms with Crippen LogP contribution in [0.1, 0.15) is 33.6 Å². The fourth-order valence-electron chi connectivity index (χ4n) is 3.91. The lowest BCUT2D eigenvalue weighted by molar-refractivity contribution is -0.130. The maximum Gasteiger partial charge on any atom is 0.262 e. The molecule has 1 unspecified atom stereocenters. The first-order valence-corrected chi connectivity index (χ1v) is 8.03. The number of carbonyl (C=O) groups excluding carboxylic acids is 3. The Hall–Kier alpha value is -2.21. The van der Waals surface area contributed by atoms with Crippen LogP contribution in [0.5, 0.6) is 0 Å². The van der Waals surface area contributed by atoms with Gasteiger partial charge in [0.15, 0.2) is 0 Å². The summed E-state index contributed by atoms with van der Waals surface area (Å²) in [6, 6.07) is 6.73. The second kappa shape index (κ2) is 5.16. The van der Waals surface area contributed by atoms with Crippen molar-refractivity contribution < 1.29 is 14.4 Å². The molecule has 0 aliphatic carbocycles. The Morgan fingerprint density at radius 1 is 1.13 bits per heavy atom. The summed E-state index contributed by atoms with van der Waals surface area (Å²) in [7, 11) is 0. The Balaban J connectivity index is 1.46. The standard InChI is InChI=1S/C17H19N3O3/c21-14(19-8-6-17(11-19)5-7-18-10-17)9-20-15(22)12-3-1-2-4-13(12)16(20)23/h1-4,18H,5-11H2. The van der Waals surface area contributed by atoms with Crippen molar-refractivity contribution in [3.8, 4) is 0 Å². The van der Waals surface area contributed by atoms with E-state index in [0.717, 1.165) is 37.4 Å². The van der Waals surface area contributed by atoms with Gasteiger partial charge in [-0.05, 0) is 31.5 Å². The summed E-state index contributed by atoms with van der Waals surface area (Å²) in [6.07, 6.45) is 2.08. The van der Waals surface area contributed by atoms with Crippen molar-refractivity contribution in [3.63, 3.8) is 0 Å². The Labute approximate surface area is 134 Å². The minimum absolute atomic E-state index is 0.136. The van der Waals surface area contributed by atoms with Crippen LogP contribution >= 0.6 is 0 Å². The molecule has 3 amide bonds. The van der Waals surface area contributed by atoms with Gasteiger partial charge in [-0.1, -0.05) is 12.1 Å². The fourth-order valence-corrected chi connectivity index (χ4v) is 3.91. The zero-order chi connectivity index (χ0) is 16.0. The number of fused-ring (bicyclic) bond motifs is 1. The molecule has 23 heavy (non-hydrogen) atoms. The molecule has 1 atom stereocenters. The molecule has 2 fully saturated rings. The highest BCUT2D eigenvalue weighted by Crippen LogP contribution is 2.36. The molecule has 0 radical (unpaired) electrons. The number of nitrogens with zero attached hydrogens (tertiary/aromatic N) is 2. The molecule has 1 N–H and O–H groups in total. The maximum atomic E-state index is 12.5. The molecule has 1 aromatic rings. The second-order valence-corrected chi connectivity index (χ2v) is 6.73. The molecule has 120 valence electrons. The molecule has 0 bridgehead atoms. The Morgan fingerprint density at radius 3 is 2.43 bits per heavy atom. The van der Waals surface area contributed by atoms with Gasteiger partial charge in [0.1, 0.15) is 6.54 Å². The molecule has 0 saturated carbocycles. The lowest BCUT2D eigenvalue weighted by Gasteiger charge is -2.24. The zero-order valence-electron chi connectivity index (χ0n) is 12.9. The van der Waals surface area contributed by atoms with Crippen LogP contribution in [0.3, 0.4) is 0 Å². The van der Waals surface area contributed by atoms with E-state index < -0.39 is 0 Å². The molecule has 1 aromatic carbocycles. The molecular weight excluding hydrogens is 294 g/mol. The van der Waals surface area contributed by atoms with Crippen molar-refractivity contribution >= 4 is 17.7 Å². The number of likely N-dealkylation sites (tertiary alicyclic amines) is 1. The summed E-state index contributed by atoms with van der Waals surface area (Å²) in [5.41, 5.74) is 0.976. The number of nitrogens with one attached hydrogen (secondary N) is 1. The average molecular weight is 313 g/mol. The highest BCUT2D eigenvalue weighted by molar-refractivity contribution is 6.22. The smallest absolute Gasteiger partial charge is 0.262 e. The van der Waals surface area contributed by atoms with E-state index in [-0.39, 0.29) is 29.7 Å². The summed E-state index contributed by atoms with van der Waals surface area (Å²) in [5.74, 6) is -0.867. The molecule has 6 nitrogen and oxygen atoms in total. The lowest BCUT2D eigenvalue weighted by atomic mass is 9.87. The predicted octanol–water partition coefficient (Wildman–Crippen LogP) is 0.495. The molecule has 2 saturated heterocycles. The quantitative estimate of drug-likeness (QED) is 0.807. The number of amides is 3. The van der Waals surface area contributed by atoms with E-state index in [9.17, 15) is 14.4 Å². The van der Waals surface area contributed by atoms with E-state index in [1.54, 1.807) is 29.2 Å². The molecule has 3 aliphatic rings. The minimum Gasteiger partial charge on any atom is -0.341 e. The van der Waals surface area contributed by atoms with Gasteiger partial charge in [-0.25, -0.2) is 0 Å². The van der Waals surface area contributed by atoms with Crippen molar-refractivity contribution in [1.82, 2.24) is 15.1 Å². The van der Waals surface area contributed by atoms with Crippen molar-refractivity contribution in [1.29, 1.82) is 0 Å². The zero-order valence-corrected chi connectivity index (χ0v) is 12.9. The van der Waals surface area contributed by atoms with Crippen LogP contribution in [0.15, 0.2) is 24.3 Å². The number of hydrogen-bond donors (Lipinski definition) is 1. The van der Waals surface area contributed by atoms with Gasteiger partial charge in [-0.15, -0.1) is 0 Å². The summed E-state index contributed by atoms with van der Waals surface area (Å²) in [4.78, 5) is 40.1. The Bertz CT molecular complexity index is 659. The van der Waals surface area contributed by atoms with Gasteiger partial charge in [0, 0.05) is 25.0 Å². The first-order valence-electron chi connectivity index (χ1n) is 8.03. The van der Waals surface area contributed by atoms with Crippen molar-refractivity contribution in [2.75, 3.05) is 32.7 Å². The van der Waals surface area contributed by atoms with Gasteiger partial charge in [0.05, 0.1) is 11.1 Å². The highest BCUT2D eigenvalue weighted by Gasteiger charge is 2.43. The molecule has 3 heterocycles. The van der Waals surface area contributed by atoms with Crippen LogP contribution in [0.25, 0.3) is 0 Å². The predicted molar refractivity (Wildman–Crippen MR) is 82.9 cm³/mol. The van der Waals surface area contributed by atoms with Crippen LogP contribution in [-0.4, -0.2) is 60.2 Å². The number of carbonyl (C=O) groups is 3. The van der Waals surface area contributed by atoms with Crippen molar-refractivity contribution in [2.24, 2.45) is 5.41 Å². The van der Waals surface area contributed by atoms with Crippen molar-refractivity contribution in [2.45, 2.75) is 12.8 Å². The summed E-state index contributed by atoms with van der Waals surface area (Å²) in [5, 5.41) is 3.36. The molecule has 3 aliphatic heterocycles. The number of rotatable bonds is 2. The maximum absolute atomic E-state index is 12.5. The third kappa shape index (κ3) is 2.25. The van der Waals surface area contributed by atoms with Gasteiger partial charge < -0.3 is 10.2 Å². The second-order valence-electron chi connectivity index (χ2n) is 6.73. The number of imide groups is 1. The molecule has 0 aromatic heterocycles. The lowest BCUT2D eigenvalue weighted by Crippen LogP contribution is -2.42. The van der Waals surface area contributed by atoms with Crippen LogP contribution in [-0.2, 0) is 4.79 Å². The molecule has 4 rings (SSSR count). The van der Waals surface area contributed by atoms with Crippen LogP contribution in [0, 0.1) is 5.41 Å². The first kappa shape index (κ1) is 14.4. The van der Waals surface area contributed by atoms with E-state index in [0.29, 0.717) is 17.7 Å². The summed E-state index contributed by atoms with van der Waals surface area (Å²) < 4.78 is 0. The van der Waals surface area contributed by atoms with Gasteiger partial charge in [0.2, 0.25) is 5.91 Å². The molecular formula is C17H19N3O3. The monoisotopic (exact) mass is 313 g/mol. The summed E-state index contributed by atoms with van der Waals surface area (Å²) in [6.45, 7) is 3.23.